The van der Waals surface area contributed by atoms with Gasteiger partial charge < -0.3 is 10.2 Å². The minimum Gasteiger partial charge on any atom is -0.370 e. The van der Waals surface area contributed by atoms with E-state index in [0.29, 0.717) is 6.54 Å². The highest BCUT2D eigenvalue weighted by atomic mass is 32.2. The first-order valence-electron chi connectivity index (χ1n) is 6.79. The third-order valence-electron chi connectivity index (χ3n) is 3.14. The summed E-state index contributed by atoms with van der Waals surface area (Å²) >= 11 is 0. The van der Waals surface area contributed by atoms with Crippen LogP contribution in [-0.2, 0) is 14.8 Å². The Morgan fingerprint density at radius 2 is 1.90 bits per heavy atom. The second-order valence-corrected chi connectivity index (χ2v) is 6.85. The lowest BCUT2D eigenvalue weighted by Crippen LogP contribution is -2.41. The number of sulfonamides is 1. The van der Waals surface area contributed by atoms with Crippen molar-refractivity contribution in [2.24, 2.45) is 0 Å². The molecule has 1 atom stereocenters. The zero-order valence-electron chi connectivity index (χ0n) is 12.7. The molecule has 0 bridgehead atoms. The standard InChI is InChI=1S/C14H23N3O3S/c1-12(17(2)13-7-5-4-6-8-13)11-15-14(18)9-10-16-21(3,19)20/h4-8,12,16H,9-11H2,1-3H3,(H,15,18)/t12-/m0/s1. The maximum absolute atomic E-state index is 11.6. The molecule has 0 aliphatic rings. The molecule has 6 nitrogen and oxygen atoms in total. The fraction of sp³-hybridized carbons (Fsp3) is 0.500. The van der Waals surface area contributed by atoms with Crippen molar-refractivity contribution in [1.82, 2.24) is 10.0 Å². The van der Waals surface area contributed by atoms with E-state index in [4.69, 9.17) is 0 Å². The van der Waals surface area contributed by atoms with Crippen LogP contribution in [0.4, 0.5) is 5.69 Å². The van der Waals surface area contributed by atoms with Crippen molar-refractivity contribution in [3.63, 3.8) is 0 Å². The average molecular weight is 313 g/mol. The van der Waals surface area contributed by atoms with Crippen molar-refractivity contribution >= 4 is 21.6 Å². The quantitative estimate of drug-likeness (QED) is 0.735. The first-order chi connectivity index (χ1) is 9.79. The number of anilines is 1. The van der Waals surface area contributed by atoms with Crippen molar-refractivity contribution in [3.8, 4) is 0 Å². The van der Waals surface area contributed by atoms with Crippen molar-refractivity contribution in [2.45, 2.75) is 19.4 Å². The Bertz CT molecular complexity index is 546. The van der Waals surface area contributed by atoms with Crippen molar-refractivity contribution in [2.75, 3.05) is 31.3 Å². The summed E-state index contributed by atoms with van der Waals surface area (Å²) in [7, 11) is -1.27. The van der Waals surface area contributed by atoms with Crippen molar-refractivity contribution in [3.05, 3.63) is 30.3 Å². The van der Waals surface area contributed by atoms with Crippen molar-refractivity contribution in [1.29, 1.82) is 0 Å². The van der Waals surface area contributed by atoms with Crippen LogP contribution in [0.25, 0.3) is 0 Å². The molecule has 2 N–H and O–H groups in total. The first kappa shape index (κ1) is 17.5. The van der Waals surface area contributed by atoms with Gasteiger partial charge in [0.05, 0.1) is 6.26 Å². The summed E-state index contributed by atoms with van der Waals surface area (Å²) < 4.78 is 24.0. The highest BCUT2D eigenvalue weighted by molar-refractivity contribution is 7.88. The number of nitrogens with zero attached hydrogens (tertiary/aromatic N) is 1. The Labute approximate surface area is 126 Å². The fourth-order valence-corrected chi connectivity index (χ4v) is 2.23. The Morgan fingerprint density at radius 3 is 2.48 bits per heavy atom. The van der Waals surface area contributed by atoms with Gasteiger partial charge in [0.15, 0.2) is 0 Å². The number of amides is 1. The molecular formula is C14H23N3O3S. The van der Waals surface area contributed by atoms with E-state index in [1.54, 1.807) is 0 Å². The third-order valence-corrected chi connectivity index (χ3v) is 3.86. The first-order valence-corrected chi connectivity index (χ1v) is 8.68. The van der Waals surface area contributed by atoms with Crippen LogP contribution >= 0.6 is 0 Å². The van der Waals surface area contributed by atoms with Gasteiger partial charge in [-0.15, -0.1) is 0 Å². The predicted octanol–water partition coefficient (Wildman–Crippen LogP) is 0.567. The molecule has 0 heterocycles. The highest BCUT2D eigenvalue weighted by Gasteiger charge is 2.11. The number of para-hydroxylation sites is 1. The fourth-order valence-electron chi connectivity index (χ4n) is 1.75. The predicted molar refractivity (Wildman–Crippen MR) is 84.8 cm³/mol. The molecule has 1 rings (SSSR count). The van der Waals surface area contributed by atoms with E-state index in [0.717, 1.165) is 11.9 Å². The lowest BCUT2D eigenvalue weighted by atomic mass is 10.2. The van der Waals surface area contributed by atoms with E-state index in [-0.39, 0.29) is 24.9 Å². The highest BCUT2D eigenvalue weighted by Crippen LogP contribution is 2.13. The average Bonchev–Trinajstić information content (AvgIpc) is 2.43. The maximum atomic E-state index is 11.6. The largest absolute Gasteiger partial charge is 0.370 e. The van der Waals surface area contributed by atoms with Crippen LogP contribution in [0.3, 0.4) is 0 Å². The van der Waals surface area contributed by atoms with Crippen LogP contribution in [-0.4, -0.2) is 46.8 Å². The monoisotopic (exact) mass is 313 g/mol. The molecular weight excluding hydrogens is 290 g/mol. The Kier molecular flexibility index (Phi) is 6.64. The molecule has 1 aromatic rings. The second kappa shape index (κ2) is 7.99. The molecule has 0 fully saturated rings. The van der Waals surface area contributed by atoms with Gasteiger partial charge in [0, 0.05) is 38.3 Å². The zero-order chi connectivity index (χ0) is 15.9. The van der Waals surface area contributed by atoms with Gasteiger partial charge in [-0.1, -0.05) is 18.2 Å². The molecule has 0 radical (unpaired) electrons. The van der Waals surface area contributed by atoms with Gasteiger partial charge in [-0.3, -0.25) is 4.79 Å². The number of hydrogen-bond donors (Lipinski definition) is 2. The van der Waals surface area contributed by atoms with Gasteiger partial charge in [0.2, 0.25) is 15.9 Å². The molecule has 0 unspecified atom stereocenters. The molecule has 0 saturated carbocycles. The van der Waals surface area contributed by atoms with E-state index < -0.39 is 10.0 Å². The number of benzene rings is 1. The van der Waals surface area contributed by atoms with Crippen LogP contribution in [0.2, 0.25) is 0 Å². The van der Waals surface area contributed by atoms with Gasteiger partial charge in [-0.2, -0.15) is 0 Å². The lowest BCUT2D eigenvalue weighted by molar-refractivity contribution is -0.120. The second-order valence-electron chi connectivity index (χ2n) is 5.02. The number of hydrogen-bond acceptors (Lipinski definition) is 4. The van der Waals surface area contributed by atoms with E-state index in [2.05, 4.69) is 14.9 Å². The zero-order valence-corrected chi connectivity index (χ0v) is 13.5. The summed E-state index contributed by atoms with van der Waals surface area (Å²) in [6.45, 7) is 2.64. The summed E-state index contributed by atoms with van der Waals surface area (Å²) in [6, 6.07) is 10.0. The van der Waals surface area contributed by atoms with Crippen molar-refractivity contribution < 1.29 is 13.2 Å². The Hall–Kier alpha value is -1.60. The smallest absolute Gasteiger partial charge is 0.221 e. The summed E-state index contributed by atoms with van der Waals surface area (Å²) in [5, 5.41) is 2.80. The van der Waals surface area contributed by atoms with Gasteiger partial charge in [-0.05, 0) is 19.1 Å². The molecule has 1 aromatic carbocycles. The summed E-state index contributed by atoms with van der Waals surface area (Å²) in [6.07, 6.45) is 1.20. The molecule has 0 aliphatic heterocycles. The summed E-state index contributed by atoms with van der Waals surface area (Å²) in [5.74, 6) is -0.167. The van der Waals surface area contributed by atoms with Crippen LogP contribution in [0, 0.1) is 0 Å². The summed E-state index contributed by atoms with van der Waals surface area (Å²) in [4.78, 5) is 13.7. The summed E-state index contributed by atoms with van der Waals surface area (Å²) in [5.41, 5.74) is 1.08. The topological polar surface area (TPSA) is 78.5 Å². The molecule has 0 spiro atoms. The third kappa shape index (κ3) is 7.10. The van der Waals surface area contributed by atoms with Gasteiger partial charge in [0.25, 0.3) is 0 Å². The van der Waals surface area contributed by atoms with Crippen LogP contribution in [0.1, 0.15) is 13.3 Å². The Balaban J connectivity index is 2.32. The van der Waals surface area contributed by atoms with Crippen LogP contribution in [0.5, 0.6) is 0 Å². The SMILES string of the molecule is C[C@@H](CNC(=O)CCNS(C)(=O)=O)N(C)c1ccccc1. The maximum Gasteiger partial charge on any atom is 0.221 e. The van der Waals surface area contributed by atoms with Gasteiger partial charge >= 0.3 is 0 Å². The van der Waals surface area contributed by atoms with Crippen LogP contribution < -0.4 is 14.9 Å². The Morgan fingerprint density at radius 1 is 1.29 bits per heavy atom. The number of carbonyl (C=O) groups excluding carboxylic acids is 1. The normalized spacial score (nSPS) is 12.7. The molecule has 21 heavy (non-hydrogen) atoms. The number of likely N-dealkylation sites (N-methyl/N-ethyl adjacent to an activating group) is 1. The van der Waals surface area contributed by atoms with Crippen LogP contribution in [0.15, 0.2) is 30.3 Å². The van der Waals surface area contributed by atoms with E-state index in [1.165, 1.54) is 0 Å². The lowest BCUT2D eigenvalue weighted by Gasteiger charge is -2.27. The minimum absolute atomic E-state index is 0.119. The number of nitrogens with one attached hydrogen (secondary N) is 2. The number of rotatable bonds is 8. The van der Waals surface area contributed by atoms with Gasteiger partial charge in [-0.25, -0.2) is 13.1 Å². The van der Waals surface area contributed by atoms with E-state index in [9.17, 15) is 13.2 Å². The number of carbonyl (C=O) groups is 1. The van der Waals surface area contributed by atoms with Gasteiger partial charge in [0.1, 0.15) is 0 Å². The molecule has 1 amide bonds. The molecule has 7 heteroatoms. The molecule has 0 aromatic heterocycles. The molecule has 118 valence electrons. The van der Waals surface area contributed by atoms with E-state index >= 15 is 0 Å². The molecule has 0 saturated heterocycles. The minimum atomic E-state index is -3.24. The van der Waals surface area contributed by atoms with E-state index in [1.807, 2.05) is 44.3 Å². The molecule has 0 aliphatic carbocycles.